The summed E-state index contributed by atoms with van der Waals surface area (Å²) in [5.74, 6) is 0.908. The second kappa shape index (κ2) is 11.5. The Kier molecular flexibility index (Phi) is 10.0. The van der Waals surface area contributed by atoms with Crippen molar-refractivity contribution in [2.75, 3.05) is 0 Å². The van der Waals surface area contributed by atoms with Crippen LogP contribution in [0.15, 0.2) is 0 Å². The molecule has 0 aromatic heterocycles. The predicted octanol–water partition coefficient (Wildman–Crippen LogP) is 5.04. The fourth-order valence-corrected chi connectivity index (χ4v) is 3.10. The van der Waals surface area contributed by atoms with Crippen LogP contribution in [0.4, 0.5) is 0 Å². The molecule has 0 aromatic rings. The van der Waals surface area contributed by atoms with Crippen LogP contribution in [0, 0.1) is 11.8 Å². The number of carbonyl (C=O) groups is 2. The van der Waals surface area contributed by atoms with Crippen molar-refractivity contribution in [3.63, 3.8) is 0 Å². The Morgan fingerprint density at radius 1 is 0.792 bits per heavy atom. The number of hydrogen-bond donors (Lipinski definition) is 0. The van der Waals surface area contributed by atoms with Gasteiger partial charge >= 0.3 is 11.9 Å². The highest BCUT2D eigenvalue weighted by Crippen LogP contribution is 2.25. The lowest BCUT2D eigenvalue weighted by Crippen LogP contribution is -2.37. The van der Waals surface area contributed by atoms with E-state index in [0.29, 0.717) is 24.7 Å². The molecule has 2 atom stereocenters. The first kappa shape index (κ1) is 21.0. The molecule has 1 aliphatic rings. The average Bonchev–Trinajstić information content (AvgIpc) is 2.48. The predicted molar refractivity (Wildman–Crippen MR) is 95.6 cm³/mol. The molecule has 24 heavy (non-hydrogen) atoms. The summed E-state index contributed by atoms with van der Waals surface area (Å²) in [5, 5.41) is 0. The van der Waals surface area contributed by atoms with Crippen molar-refractivity contribution >= 4 is 11.9 Å². The van der Waals surface area contributed by atoms with Gasteiger partial charge in [0.2, 0.25) is 0 Å². The Bertz CT molecular complexity index is 340. The topological polar surface area (TPSA) is 52.6 Å². The van der Waals surface area contributed by atoms with Crippen molar-refractivity contribution in [1.29, 1.82) is 0 Å². The van der Waals surface area contributed by atoms with Crippen LogP contribution in [0.3, 0.4) is 0 Å². The maximum atomic E-state index is 12.0. The van der Waals surface area contributed by atoms with Gasteiger partial charge in [0.15, 0.2) is 0 Å². The highest BCUT2D eigenvalue weighted by Gasteiger charge is 2.31. The lowest BCUT2D eigenvalue weighted by atomic mass is 9.94. The first-order valence-electron chi connectivity index (χ1n) is 9.77. The Morgan fingerprint density at radius 3 is 1.50 bits per heavy atom. The molecular formula is C20H36O4. The monoisotopic (exact) mass is 340 g/mol. The van der Waals surface area contributed by atoms with Gasteiger partial charge in [0, 0.05) is 12.8 Å². The molecule has 1 fully saturated rings. The molecule has 0 saturated heterocycles. The Labute approximate surface area is 147 Å². The standard InChI is InChI=1S/C20H36O4/c1-15(2)9-7-13-19(21)23-17-11-5-6-12-18(17)24-20(22)14-8-10-16(3)4/h15-18H,5-14H2,1-4H3. The molecule has 1 aliphatic carbocycles. The third-order valence-corrected chi connectivity index (χ3v) is 4.53. The molecule has 4 nitrogen and oxygen atoms in total. The maximum absolute atomic E-state index is 12.0. The summed E-state index contributed by atoms with van der Waals surface area (Å²) in [6.07, 6.45) is 7.90. The van der Waals surface area contributed by atoms with Crippen LogP contribution >= 0.6 is 0 Å². The van der Waals surface area contributed by atoms with Crippen LogP contribution in [0.2, 0.25) is 0 Å². The van der Waals surface area contributed by atoms with E-state index in [1.165, 1.54) is 0 Å². The van der Waals surface area contributed by atoms with E-state index in [4.69, 9.17) is 9.47 Å². The van der Waals surface area contributed by atoms with Crippen molar-refractivity contribution in [1.82, 2.24) is 0 Å². The van der Waals surface area contributed by atoms with Gasteiger partial charge in [-0.25, -0.2) is 0 Å². The molecule has 0 radical (unpaired) electrons. The fraction of sp³-hybridized carbons (Fsp3) is 0.900. The van der Waals surface area contributed by atoms with Gasteiger partial charge in [-0.2, -0.15) is 0 Å². The molecule has 0 spiro atoms. The third kappa shape index (κ3) is 9.29. The van der Waals surface area contributed by atoms with E-state index < -0.39 is 0 Å². The summed E-state index contributed by atoms with van der Waals surface area (Å²) in [6, 6.07) is 0. The third-order valence-electron chi connectivity index (χ3n) is 4.53. The summed E-state index contributed by atoms with van der Waals surface area (Å²) in [7, 11) is 0. The van der Waals surface area contributed by atoms with Gasteiger partial charge < -0.3 is 9.47 Å². The fourth-order valence-electron chi connectivity index (χ4n) is 3.10. The molecule has 0 heterocycles. The smallest absolute Gasteiger partial charge is 0.306 e. The van der Waals surface area contributed by atoms with Crippen LogP contribution in [0.1, 0.15) is 91.9 Å². The molecule has 0 aliphatic heterocycles. The number of ether oxygens (including phenoxy) is 2. The average molecular weight is 341 g/mol. The maximum Gasteiger partial charge on any atom is 0.306 e. The van der Waals surface area contributed by atoms with Gasteiger partial charge in [0.1, 0.15) is 12.2 Å². The van der Waals surface area contributed by atoms with E-state index in [1.807, 2.05) is 0 Å². The number of carbonyl (C=O) groups excluding carboxylic acids is 2. The molecular weight excluding hydrogens is 304 g/mol. The first-order valence-corrected chi connectivity index (χ1v) is 9.77. The van der Waals surface area contributed by atoms with Crippen molar-refractivity contribution in [3.05, 3.63) is 0 Å². The normalized spacial score (nSPS) is 21.1. The zero-order valence-corrected chi connectivity index (χ0v) is 16.0. The minimum atomic E-state index is -0.251. The van der Waals surface area contributed by atoms with Crippen molar-refractivity contribution in [2.45, 2.75) is 104 Å². The molecule has 0 N–H and O–H groups in total. The van der Waals surface area contributed by atoms with Gasteiger partial charge in [-0.15, -0.1) is 0 Å². The van der Waals surface area contributed by atoms with Crippen molar-refractivity contribution < 1.29 is 19.1 Å². The zero-order chi connectivity index (χ0) is 17.9. The second-order valence-corrected chi connectivity index (χ2v) is 7.91. The molecule has 0 amide bonds. The lowest BCUT2D eigenvalue weighted by molar-refractivity contribution is -0.171. The minimum Gasteiger partial charge on any atom is -0.458 e. The minimum absolute atomic E-state index is 0.150. The Balaban J connectivity index is 2.35. The van der Waals surface area contributed by atoms with Crippen LogP contribution in [0.25, 0.3) is 0 Å². The van der Waals surface area contributed by atoms with Crippen LogP contribution < -0.4 is 0 Å². The van der Waals surface area contributed by atoms with Gasteiger partial charge in [-0.05, 0) is 50.4 Å². The Hall–Kier alpha value is -1.06. The SMILES string of the molecule is CC(C)CCCC(=O)OC1CCCCC1OC(=O)CCCC(C)C. The highest BCUT2D eigenvalue weighted by molar-refractivity contribution is 5.70. The first-order chi connectivity index (χ1) is 11.4. The second-order valence-electron chi connectivity index (χ2n) is 7.91. The molecule has 1 rings (SSSR count). The lowest BCUT2D eigenvalue weighted by Gasteiger charge is -2.30. The summed E-state index contributed by atoms with van der Waals surface area (Å²) in [5.41, 5.74) is 0. The number of rotatable bonds is 10. The van der Waals surface area contributed by atoms with E-state index in [0.717, 1.165) is 51.4 Å². The largest absolute Gasteiger partial charge is 0.458 e. The Morgan fingerprint density at radius 2 is 1.17 bits per heavy atom. The molecule has 0 aromatic carbocycles. The molecule has 1 saturated carbocycles. The summed E-state index contributed by atoms with van der Waals surface area (Å²) >= 11 is 0. The number of esters is 2. The highest BCUT2D eigenvalue weighted by atomic mass is 16.6. The number of hydrogen-bond acceptors (Lipinski definition) is 4. The van der Waals surface area contributed by atoms with Crippen LogP contribution in [-0.2, 0) is 19.1 Å². The summed E-state index contributed by atoms with van der Waals surface area (Å²) in [6.45, 7) is 8.62. The van der Waals surface area contributed by atoms with Gasteiger partial charge in [0.25, 0.3) is 0 Å². The van der Waals surface area contributed by atoms with E-state index in [1.54, 1.807) is 0 Å². The molecule has 140 valence electrons. The van der Waals surface area contributed by atoms with E-state index in [2.05, 4.69) is 27.7 Å². The van der Waals surface area contributed by atoms with Gasteiger partial charge in [-0.3, -0.25) is 9.59 Å². The van der Waals surface area contributed by atoms with Gasteiger partial charge in [0.05, 0.1) is 0 Å². The van der Waals surface area contributed by atoms with Crippen LogP contribution in [0.5, 0.6) is 0 Å². The summed E-state index contributed by atoms with van der Waals surface area (Å²) in [4.78, 5) is 24.0. The quantitative estimate of drug-likeness (QED) is 0.523. The van der Waals surface area contributed by atoms with Crippen LogP contribution in [-0.4, -0.2) is 24.1 Å². The van der Waals surface area contributed by atoms with Gasteiger partial charge in [-0.1, -0.05) is 40.5 Å². The van der Waals surface area contributed by atoms with E-state index in [9.17, 15) is 9.59 Å². The molecule has 4 heteroatoms. The molecule has 0 bridgehead atoms. The van der Waals surface area contributed by atoms with E-state index >= 15 is 0 Å². The molecule has 2 unspecified atom stereocenters. The van der Waals surface area contributed by atoms with E-state index in [-0.39, 0.29) is 24.1 Å². The zero-order valence-electron chi connectivity index (χ0n) is 16.0. The van der Waals surface area contributed by atoms with Crippen molar-refractivity contribution in [2.24, 2.45) is 11.8 Å². The van der Waals surface area contributed by atoms with Crippen molar-refractivity contribution in [3.8, 4) is 0 Å². The summed E-state index contributed by atoms with van der Waals surface area (Å²) < 4.78 is 11.2.